The number of likely N-dealkylation sites (N-methyl/N-ethyl adjacent to an activating group) is 1. The number of halogens is 1. The van der Waals surface area contributed by atoms with Crippen molar-refractivity contribution >= 4 is 32.5 Å². The molecule has 1 fully saturated rings. The first-order chi connectivity index (χ1) is 20.5. The second kappa shape index (κ2) is 15.6. The molecular formula is C27H35FN5O9P. The van der Waals surface area contributed by atoms with Crippen LogP contribution in [0.25, 0.3) is 0 Å². The van der Waals surface area contributed by atoms with Gasteiger partial charge in [-0.25, -0.2) is 9.18 Å². The van der Waals surface area contributed by atoms with Crippen LogP contribution in [0.3, 0.4) is 0 Å². The zero-order valence-electron chi connectivity index (χ0n) is 24.3. The Kier molecular flexibility index (Phi) is 12.2. The van der Waals surface area contributed by atoms with E-state index in [-0.39, 0.29) is 47.0 Å². The molecule has 1 aliphatic rings. The predicted molar refractivity (Wildman–Crippen MR) is 155 cm³/mol. The van der Waals surface area contributed by atoms with Crippen molar-refractivity contribution in [3.05, 3.63) is 67.7 Å². The number of nitroso groups, excluding NO2 is 1. The first-order valence-corrected chi connectivity index (χ1v) is 14.5. The molecule has 1 saturated heterocycles. The Labute approximate surface area is 248 Å². The molecule has 2 heterocycles. The van der Waals surface area contributed by atoms with E-state index in [1.54, 1.807) is 33.9 Å². The number of benzene rings is 1. The van der Waals surface area contributed by atoms with Gasteiger partial charge in [-0.05, 0) is 44.6 Å². The van der Waals surface area contributed by atoms with Crippen LogP contribution in [0.1, 0.15) is 52.2 Å². The summed E-state index contributed by atoms with van der Waals surface area (Å²) in [5.74, 6) is -2.13. The van der Waals surface area contributed by atoms with Crippen molar-refractivity contribution in [2.45, 2.75) is 45.5 Å². The minimum absolute atomic E-state index is 0.0998. The van der Waals surface area contributed by atoms with E-state index in [4.69, 9.17) is 18.7 Å². The standard InChI is InChI=1S/C27H35FN5O9P/c1-16(2)42-26(37)40-15-41-43-10-8-33(27(29-4)7-9-39-14-27)25(36)22-21(32-38)23(34)19(13-30-22)24(35)31-12-18-6-5-17(3)11-20(18)28/h5-6,11,13,16,29,43H,7-10,12,14-15H2,1-4H3,(H,30,34)(H,31,35). The van der Waals surface area contributed by atoms with Gasteiger partial charge in [-0.15, -0.1) is 4.91 Å². The largest absolute Gasteiger partial charge is 0.510 e. The highest BCUT2D eigenvalue weighted by molar-refractivity contribution is 7.32. The fraction of sp³-hybridized carbons (Fsp3) is 0.481. The average Bonchev–Trinajstić information content (AvgIpc) is 3.45. The smallest absolute Gasteiger partial charge is 0.432 e. The molecule has 14 nitrogen and oxygen atoms in total. The molecule has 2 aromatic rings. The van der Waals surface area contributed by atoms with Crippen LogP contribution in [0, 0.1) is 17.6 Å². The maximum atomic E-state index is 14.2. The third-order valence-electron chi connectivity index (χ3n) is 6.59. The molecule has 43 heavy (non-hydrogen) atoms. The third kappa shape index (κ3) is 8.63. The van der Waals surface area contributed by atoms with Crippen LogP contribution in [0.15, 0.2) is 34.4 Å². The molecule has 3 N–H and O–H groups in total. The summed E-state index contributed by atoms with van der Waals surface area (Å²) >= 11 is 0. The molecule has 1 aromatic heterocycles. The Morgan fingerprint density at radius 1 is 1.30 bits per heavy atom. The zero-order chi connectivity index (χ0) is 31.6. The van der Waals surface area contributed by atoms with Crippen molar-refractivity contribution in [1.82, 2.24) is 20.5 Å². The molecule has 0 radical (unpaired) electrons. The number of hydrogen-bond acceptors (Lipinski definition) is 11. The average molecular weight is 624 g/mol. The van der Waals surface area contributed by atoms with E-state index in [0.717, 1.165) is 6.20 Å². The van der Waals surface area contributed by atoms with E-state index in [2.05, 4.69) is 20.8 Å². The second-order valence-electron chi connectivity index (χ2n) is 9.88. The summed E-state index contributed by atoms with van der Waals surface area (Å²) in [6, 6.07) is 4.50. The monoisotopic (exact) mass is 623 g/mol. The Hall–Kier alpha value is -3.78. The number of carbonyl (C=O) groups is 3. The molecular weight excluding hydrogens is 588 g/mol. The Balaban J connectivity index is 1.75. The quantitative estimate of drug-likeness (QED) is 0.0932. The fourth-order valence-electron chi connectivity index (χ4n) is 4.32. The van der Waals surface area contributed by atoms with Crippen molar-refractivity contribution in [3.63, 3.8) is 0 Å². The Morgan fingerprint density at radius 2 is 2.07 bits per heavy atom. The number of ether oxygens (including phenoxy) is 3. The fourth-order valence-corrected chi connectivity index (χ4v) is 4.93. The molecule has 3 rings (SSSR count). The van der Waals surface area contributed by atoms with E-state index in [1.165, 1.54) is 17.0 Å². The SMILES string of the molecule is CNC1(N(CCPOCOC(=O)OC(C)C)C(=O)c2[nH]cc(C(=O)NCc3ccc(C)cc3F)c(=O)c2N=O)CCOC1. The van der Waals surface area contributed by atoms with Crippen molar-refractivity contribution in [2.75, 3.05) is 39.8 Å². The van der Waals surface area contributed by atoms with Gasteiger partial charge in [0.15, 0.2) is 12.5 Å². The number of carbonyl (C=O) groups excluding carboxylic acids is 3. The second-order valence-corrected chi connectivity index (χ2v) is 11.0. The van der Waals surface area contributed by atoms with Crippen LogP contribution in [-0.4, -0.2) is 79.4 Å². The van der Waals surface area contributed by atoms with Crippen molar-refractivity contribution in [2.24, 2.45) is 5.18 Å². The number of H-pyrrole nitrogens is 1. The molecule has 0 spiro atoms. The number of amides is 2. The number of aromatic nitrogens is 1. The van der Waals surface area contributed by atoms with E-state index >= 15 is 0 Å². The highest BCUT2D eigenvalue weighted by Crippen LogP contribution is 2.28. The highest BCUT2D eigenvalue weighted by Gasteiger charge is 2.43. The molecule has 2 amide bonds. The normalized spacial score (nSPS) is 16.4. The Bertz CT molecular complexity index is 1380. The highest BCUT2D eigenvalue weighted by atomic mass is 31.1. The molecule has 0 bridgehead atoms. The van der Waals surface area contributed by atoms with Gasteiger partial charge in [0.1, 0.15) is 22.7 Å². The predicted octanol–water partition coefficient (Wildman–Crippen LogP) is 3.06. The lowest BCUT2D eigenvalue weighted by Gasteiger charge is -2.40. The summed E-state index contributed by atoms with van der Waals surface area (Å²) in [7, 11) is 1.46. The van der Waals surface area contributed by atoms with Gasteiger partial charge in [0, 0.05) is 46.2 Å². The summed E-state index contributed by atoms with van der Waals surface area (Å²) in [4.78, 5) is 66.9. The summed E-state index contributed by atoms with van der Waals surface area (Å²) in [6.45, 7) is 5.11. The molecule has 0 aliphatic carbocycles. The van der Waals surface area contributed by atoms with Crippen LogP contribution < -0.4 is 16.1 Å². The number of aromatic amines is 1. The lowest BCUT2D eigenvalue weighted by molar-refractivity contribution is -0.00382. The van der Waals surface area contributed by atoms with E-state index in [9.17, 15) is 28.5 Å². The van der Waals surface area contributed by atoms with Gasteiger partial charge < -0.3 is 33.9 Å². The van der Waals surface area contributed by atoms with Crippen molar-refractivity contribution in [1.29, 1.82) is 0 Å². The summed E-state index contributed by atoms with van der Waals surface area (Å²) < 4.78 is 34.7. The van der Waals surface area contributed by atoms with Gasteiger partial charge in [-0.1, -0.05) is 12.1 Å². The minimum Gasteiger partial charge on any atom is -0.432 e. The topological polar surface area (TPSA) is 178 Å². The van der Waals surface area contributed by atoms with Crippen molar-refractivity contribution < 1.29 is 37.5 Å². The zero-order valence-corrected chi connectivity index (χ0v) is 25.3. The summed E-state index contributed by atoms with van der Waals surface area (Å²) in [5.41, 5.74) is -2.77. The maximum absolute atomic E-state index is 14.2. The maximum Gasteiger partial charge on any atom is 0.510 e. The minimum atomic E-state index is -1.06. The van der Waals surface area contributed by atoms with Crippen LogP contribution in [0.4, 0.5) is 14.9 Å². The van der Waals surface area contributed by atoms with Crippen LogP contribution in [-0.2, 0) is 25.3 Å². The lowest BCUT2D eigenvalue weighted by Crippen LogP contribution is -2.61. The number of pyridine rings is 1. The summed E-state index contributed by atoms with van der Waals surface area (Å²) in [6.07, 6.45) is 0.518. The lowest BCUT2D eigenvalue weighted by atomic mass is 10.1. The van der Waals surface area contributed by atoms with Gasteiger partial charge in [0.2, 0.25) is 5.43 Å². The molecule has 16 heteroatoms. The van der Waals surface area contributed by atoms with Crippen LogP contribution in [0.2, 0.25) is 0 Å². The van der Waals surface area contributed by atoms with Gasteiger partial charge in [0.25, 0.3) is 11.8 Å². The number of rotatable bonds is 14. The number of hydrogen-bond donors (Lipinski definition) is 3. The van der Waals surface area contributed by atoms with Gasteiger partial charge in [0.05, 0.1) is 19.3 Å². The van der Waals surface area contributed by atoms with Crippen LogP contribution >= 0.6 is 8.81 Å². The molecule has 2 unspecified atom stereocenters. The van der Waals surface area contributed by atoms with Crippen LogP contribution in [0.5, 0.6) is 0 Å². The third-order valence-corrected chi connectivity index (χ3v) is 7.34. The summed E-state index contributed by atoms with van der Waals surface area (Å²) in [5, 5.41) is 8.31. The van der Waals surface area contributed by atoms with E-state index < -0.39 is 51.8 Å². The number of nitrogens with zero attached hydrogens (tertiary/aromatic N) is 2. The molecule has 0 saturated carbocycles. The first-order valence-electron chi connectivity index (χ1n) is 13.4. The molecule has 2 atom stereocenters. The number of aryl methyl sites for hydroxylation is 1. The van der Waals surface area contributed by atoms with Gasteiger partial charge >= 0.3 is 6.16 Å². The van der Waals surface area contributed by atoms with Gasteiger partial charge in [-0.3, -0.25) is 19.7 Å². The van der Waals surface area contributed by atoms with E-state index in [0.29, 0.717) is 24.8 Å². The first kappa shape index (κ1) is 33.7. The molecule has 1 aliphatic heterocycles. The molecule has 1 aromatic carbocycles. The Morgan fingerprint density at radius 3 is 2.70 bits per heavy atom. The number of nitrogens with one attached hydrogen (secondary N) is 3. The molecule has 234 valence electrons. The van der Waals surface area contributed by atoms with Crippen molar-refractivity contribution in [3.8, 4) is 0 Å². The van der Waals surface area contributed by atoms with Gasteiger partial charge in [-0.2, -0.15) is 0 Å². The van der Waals surface area contributed by atoms with E-state index in [1.807, 2.05) is 0 Å².